The Hall–Kier alpha value is -0.980. The van der Waals surface area contributed by atoms with E-state index in [1.807, 2.05) is 0 Å². The molecule has 0 aliphatic carbocycles. The Balaban J connectivity index is 1.71. The SMILES string of the molecule is CC(C)C[C@H](N)c1nc(C2CN3CCN2CC3)no1. The predicted octanol–water partition coefficient (Wildman–Crippen LogP) is 0.788. The molecule has 3 aliphatic heterocycles. The molecule has 1 unspecified atom stereocenters. The third kappa shape index (κ3) is 2.66. The molecule has 3 saturated heterocycles. The van der Waals surface area contributed by atoms with Crippen LogP contribution in [0.3, 0.4) is 0 Å². The van der Waals surface area contributed by atoms with E-state index in [4.69, 9.17) is 10.3 Å². The number of piperazine rings is 3. The Bertz CT molecular complexity index is 424. The quantitative estimate of drug-likeness (QED) is 0.867. The third-order valence-electron chi connectivity index (χ3n) is 4.08. The summed E-state index contributed by atoms with van der Waals surface area (Å²) in [6, 6.07) is 0.142. The van der Waals surface area contributed by atoms with Gasteiger partial charge in [0.05, 0.1) is 12.1 Å². The van der Waals surface area contributed by atoms with E-state index in [0.29, 0.717) is 11.8 Å². The van der Waals surface area contributed by atoms with Gasteiger partial charge in [-0.2, -0.15) is 4.98 Å². The zero-order valence-electron chi connectivity index (χ0n) is 11.7. The summed E-state index contributed by atoms with van der Waals surface area (Å²) in [6.45, 7) is 9.84. The van der Waals surface area contributed by atoms with Crippen LogP contribution in [0.25, 0.3) is 0 Å². The number of hydrogen-bond donors (Lipinski definition) is 1. The summed E-state index contributed by atoms with van der Waals surface area (Å²) in [5.41, 5.74) is 6.09. The van der Waals surface area contributed by atoms with E-state index in [-0.39, 0.29) is 12.1 Å². The van der Waals surface area contributed by atoms with Crippen molar-refractivity contribution in [3.05, 3.63) is 11.7 Å². The van der Waals surface area contributed by atoms with E-state index >= 15 is 0 Å². The van der Waals surface area contributed by atoms with Gasteiger partial charge in [0.2, 0.25) is 5.89 Å². The number of hydrogen-bond acceptors (Lipinski definition) is 6. The van der Waals surface area contributed by atoms with Crippen molar-refractivity contribution in [3.63, 3.8) is 0 Å². The molecule has 6 heteroatoms. The van der Waals surface area contributed by atoms with Crippen molar-refractivity contribution in [3.8, 4) is 0 Å². The first-order valence-electron chi connectivity index (χ1n) is 7.19. The first kappa shape index (κ1) is 13.0. The number of nitrogens with zero attached hydrogens (tertiary/aromatic N) is 4. The topological polar surface area (TPSA) is 71.4 Å². The minimum Gasteiger partial charge on any atom is -0.338 e. The Morgan fingerprint density at radius 3 is 2.63 bits per heavy atom. The van der Waals surface area contributed by atoms with Crippen LogP contribution < -0.4 is 5.73 Å². The van der Waals surface area contributed by atoms with Gasteiger partial charge in [-0.1, -0.05) is 19.0 Å². The van der Waals surface area contributed by atoms with Gasteiger partial charge in [-0.05, 0) is 12.3 Å². The first-order valence-corrected chi connectivity index (χ1v) is 7.19. The van der Waals surface area contributed by atoms with Gasteiger partial charge in [-0.3, -0.25) is 9.80 Å². The van der Waals surface area contributed by atoms with E-state index in [1.165, 1.54) is 0 Å². The molecule has 106 valence electrons. The minimum atomic E-state index is -0.141. The van der Waals surface area contributed by atoms with E-state index in [0.717, 1.165) is 45.0 Å². The molecule has 0 amide bonds. The lowest BCUT2D eigenvalue weighted by molar-refractivity contribution is 0.00781. The standard InChI is InChI=1S/C13H23N5O/c1-9(2)7-10(14)13-15-12(16-19-13)11-8-17-3-5-18(11)6-4-17/h9-11H,3-8,14H2,1-2H3/t10-,11?/m0/s1. The highest BCUT2D eigenvalue weighted by molar-refractivity contribution is 5.02. The third-order valence-corrected chi connectivity index (χ3v) is 4.08. The van der Waals surface area contributed by atoms with Crippen molar-refractivity contribution in [2.45, 2.75) is 32.4 Å². The maximum atomic E-state index is 6.09. The molecule has 2 atom stereocenters. The van der Waals surface area contributed by atoms with Gasteiger partial charge in [0.1, 0.15) is 0 Å². The Kier molecular flexibility index (Phi) is 3.56. The Morgan fingerprint density at radius 1 is 1.32 bits per heavy atom. The highest BCUT2D eigenvalue weighted by Gasteiger charge is 2.35. The second kappa shape index (κ2) is 5.19. The molecule has 0 radical (unpaired) electrons. The van der Waals surface area contributed by atoms with E-state index in [2.05, 4.69) is 33.8 Å². The Morgan fingerprint density at radius 2 is 2.05 bits per heavy atom. The van der Waals surface area contributed by atoms with Crippen molar-refractivity contribution in [1.29, 1.82) is 0 Å². The monoisotopic (exact) mass is 265 g/mol. The van der Waals surface area contributed by atoms with Gasteiger partial charge in [-0.25, -0.2) is 0 Å². The maximum absolute atomic E-state index is 6.09. The van der Waals surface area contributed by atoms with E-state index in [1.54, 1.807) is 0 Å². The highest BCUT2D eigenvalue weighted by Crippen LogP contribution is 2.28. The average molecular weight is 265 g/mol. The van der Waals surface area contributed by atoms with Crippen LogP contribution in [-0.2, 0) is 0 Å². The second-order valence-corrected chi connectivity index (χ2v) is 6.08. The van der Waals surface area contributed by atoms with Gasteiger partial charge in [0.25, 0.3) is 0 Å². The summed E-state index contributed by atoms with van der Waals surface area (Å²) in [5.74, 6) is 1.92. The van der Waals surface area contributed by atoms with Crippen LogP contribution in [0, 0.1) is 5.92 Å². The first-order chi connectivity index (χ1) is 9.13. The zero-order valence-corrected chi connectivity index (χ0v) is 11.7. The molecule has 2 N–H and O–H groups in total. The van der Waals surface area contributed by atoms with Crippen LogP contribution in [0.15, 0.2) is 4.52 Å². The average Bonchev–Trinajstić information content (AvgIpc) is 2.89. The number of fused-ring (bicyclic) bond motifs is 3. The molecule has 4 rings (SSSR count). The van der Waals surface area contributed by atoms with Crippen LogP contribution in [0.2, 0.25) is 0 Å². The lowest BCUT2D eigenvalue weighted by atomic mass is 10.0. The highest BCUT2D eigenvalue weighted by atomic mass is 16.5. The second-order valence-electron chi connectivity index (χ2n) is 6.08. The van der Waals surface area contributed by atoms with Crippen LogP contribution in [0.1, 0.15) is 44.1 Å². The number of rotatable bonds is 4. The van der Waals surface area contributed by atoms with Gasteiger partial charge < -0.3 is 10.3 Å². The Labute approximate surface area is 113 Å². The van der Waals surface area contributed by atoms with Crippen LogP contribution >= 0.6 is 0 Å². The summed E-state index contributed by atoms with van der Waals surface area (Å²) < 4.78 is 5.36. The van der Waals surface area contributed by atoms with E-state index in [9.17, 15) is 0 Å². The molecule has 0 saturated carbocycles. The molecule has 4 heterocycles. The van der Waals surface area contributed by atoms with Crippen LogP contribution in [0.4, 0.5) is 0 Å². The zero-order chi connectivity index (χ0) is 13.4. The summed E-state index contributed by atoms with van der Waals surface area (Å²) in [7, 11) is 0. The van der Waals surface area contributed by atoms with Crippen molar-refractivity contribution >= 4 is 0 Å². The molecular formula is C13H23N5O. The van der Waals surface area contributed by atoms with Crippen LogP contribution in [0.5, 0.6) is 0 Å². The fraction of sp³-hybridized carbons (Fsp3) is 0.846. The molecule has 0 spiro atoms. The molecule has 0 aromatic carbocycles. The fourth-order valence-electron chi connectivity index (χ4n) is 3.00. The van der Waals surface area contributed by atoms with Crippen molar-refractivity contribution in [2.24, 2.45) is 11.7 Å². The summed E-state index contributed by atoms with van der Waals surface area (Å²) in [4.78, 5) is 9.45. The molecular weight excluding hydrogens is 242 g/mol. The van der Waals surface area contributed by atoms with Crippen molar-refractivity contribution in [2.75, 3.05) is 32.7 Å². The van der Waals surface area contributed by atoms with Crippen LogP contribution in [-0.4, -0.2) is 52.7 Å². The fourth-order valence-corrected chi connectivity index (χ4v) is 3.00. The van der Waals surface area contributed by atoms with Crippen molar-refractivity contribution in [1.82, 2.24) is 19.9 Å². The molecule has 6 nitrogen and oxygen atoms in total. The van der Waals surface area contributed by atoms with Crippen molar-refractivity contribution < 1.29 is 4.52 Å². The van der Waals surface area contributed by atoms with Gasteiger partial charge in [0, 0.05) is 32.7 Å². The minimum absolute atomic E-state index is 0.141. The van der Waals surface area contributed by atoms with Gasteiger partial charge in [-0.15, -0.1) is 0 Å². The predicted molar refractivity (Wildman–Crippen MR) is 71.4 cm³/mol. The molecule has 2 bridgehead atoms. The smallest absolute Gasteiger partial charge is 0.243 e. The maximum Gasteiger partial charge on any atom is 0.243 e. The molecule has 1 aromatic heterocycles. The summed E-state index contributed by atoms with van der Waals surface area (Å²) in [6.07, 6.45) is 0.877. The lowest BCUT2D eigenvalue weighted by Gasteiger charge is -2.46. The molecule has 1 aromatic rings. The molecule has 19 heavy (non-hydrogen) atoms. The molecule has 3 fully saturated rings. The summed E-state index contributed by atoms with van der Waals surface area (Å²) in [5, 5.41) is 4.15. The largest absolute Gasteiger partial charge is 0.338 e. The molecule has 3 aliphatic rings. The number of nitrogens with two attached hydrogens (primary N) is 1. The lowest BCUT2D eigenvalue weighted by Crippen LogP contribution is -2.57. The summed E-state index contributed by atoms with van der Waals surface area (Å²) >= 11 is 0. The van der Waals surface area contributed by atoms with E-state index < -0.39 is 0 Å². The van der Waals surface area contributed by atoms with Gasteiger partial charge >= 0.3 is 0 Å². The number of aromatic nitrogens is 2. The van der Waals surface area contributed by atoms with Gasteiger partial charge in [0.15, 0.2) is 5.82 Å². The normalized spacial score (nSPS) is 31.9.